The molecule has 0 aliphatic rings. The number of hydrazone groups is 1. The third-order valence-electron chi connectivity index (χ3n) is 4.63. The number of furan rings is 1. The molecular weight excluding hydrogens is 667 g/mol. The Kier molecular flexibility index (Phi) is 7.71. The Morgan fingerprint density at radius 3 is 2.61 bits per heavy atom. The van der Waals surface area contributed by atoms with Crippen LogP contribution < -0.4 is 14.9 Å². The lowest BCUT2D eigenvalue weighted by atomic mass is 10.2. The molecule has 0 saturated carbocycles. The second kappa shape index (κ2) is 10.7. The van der Waals surface area contributed by atoms with E-state index in [1.54, 1.807) is 31.5 Å². The van der Waals surface area contributed by atoms with Crippen molar-refractivity contribution in [1.29, 1.82) is 0 Å². The van der Waals surface area contributed by atoms with Crippen LogP contribution in [0.25, 0.3) is 11.0 Å². The molecule has 1 heterocycles. The Hall–Kier alpha value is -2.37. The van der Waals surface area contributed by atoms with E-state index in [9.17, 15) is 4.79 Å². The lowest BCUT2D eigenvalue weighted by Gasteiger charge is -2.13. The highest BCUT2D eigenvalue weighted by molar-refractivity contribution is 14.1. The standard InChI is InChI=1S/C24H17Br2IN2O4/c1-31-21-9-15(8-19(27)23(21)32-13-14-2-4-17(25)5-3-14)12-28-29-24(30)22-11-16-10-18(26)6-7-20(16)33-22/h2-12H,13H2,1H3,(H,29,30)/b28-12+. The molecule has 6 nitrogen and oxygen atoms in total. The summed E-state index contributed by atoms with van der Waals surface area (Å²) >= 11 is 9.02. The highest BCUT2D eigenvalue weighted by atomic mass is 127. The zero-order chi connectivity index (χ0) is 23.4. The molecule has 0 unspecified atom stereocenters. The van der Waals surface area contributed by atoms with Crippen LogP contribution in [0.4, 0.5) is 0 Å². The second-order valence-electron chi connectivity index (χ2n) is 6.94. The molecule has 3 aromatic carbocycles. The molecule has 0 radical (unpaired) electrons. The van der Waals surface area contributed by atoms with Gasteiger partial charge in [-0.3, -0.25) is 4.79 Å². The summed E-state index contributed by atoms with van der Waals surface area (Å²) in [5.41, 5.74) is 4.92. The number of hydrogen-bond donors (Lipinski definition) is 1. The number of ether oxygens (including phenoxy) is 2. The van der Waals surface area contributed by atoms with Crippen LogP contribution in [0.1, 0.15) is 21.7 Å². The monoisotopic (exact) mass is 682 g/mol. The summed E-state index contributed by atoms with van der Waals surface area (Å²) in [6.07, 6.45) is 1.54. The van der Waals surface area contributed by atoms with Crippen molar-refractivity contribution >= 4 is 77.5 Å². The molecule has 168 valence electrons. The predicted octanol–water partition coefficient (Wildman–Crippen LogP) is 6.91. The number of carbonyl (C=O) groups is 1. The van der Waals surface area contributed by atoms with E-state index in [0.717, 1.165) is 29.0 Å². The summed E-state index contributed by atoms with van der Waals surface area (Å²) in [6, 6.07) is 18.8. The lowest BCUT2D eigenvalue weighted by Crippen LogP contribution is -2.16. The minimum absolute atomic E-state index is 0.184. The quantitative estimate of drug-likeness (QED) is 0.131. The van der Waals surface area contributed by atoms with Gasteiger partial charge in [-0.25, -0.2) is 5.43 Å². The smallest absolute Gasteiger partial charge is 0.307 e. The van der Waals surface area contributed by atoms with Gasteiger partial charge in [-0.2, -0.15) is 5.10 Å². The first kappa shape index (κ1) is 23.8. The fourth-order valence-corrected chi connectivity index (χ4v) is 4.46. The van der Waals surface area contributed by atoms with Gasteiger partial charge < -0.3 is 13.9 Å². The van der Waals surface area contributed by atoms with E-state index < -0.39 is 5.91 Å². The number of halogens is 3. The van der Waals surface area contributed by atoms with Gasteiger partial charge in [-0.15, -0.1) is 0 Å². The summed E-state index contributed by atoms with van der Waals surface area (Å²) in [4.78, 5) is 12.4. The van der Waals surface area contributed by atoms with Crippen LogP contribution in [0.5, 0.6) is 11.5 Å². The van der Waals surface area contributed by atoms with Crippen LogP contribution in [0, 0.1) is 3.57 Å². The minimum atomic E-state index is -0.435. The maximum Gasteiger partial charge on any atom is 0.307 e. The summed E-state index contributed by atoms with van der Waals surface area (Å²) in [6.45, 7) is 0.414. The van der Waals surface area contributed by atoms with Crippen LogP contribution in [-0.4, -0.2) is 19.2 Å². The molecular formula is C24H17Br2IN2O4. The molecule has 0 fully saturated rings. The summed E-state index contributed by atoms with van der Waals surface area (Å²) in [5, 5.41) is 4.89. The van der Waals surface area contributed by atoms with Crippen molar-refractivity contribution in [3.63, 3.8) is 0 Å². The molecule has 4 aromatic rings. The Morgan fingerprint density at radius 1 is 1.09 bits per heavy atom. The zero-order valence-electron chi connectivity index (χ0n) is 17.3. The molecule has 0 aliphatic heterocycles. The molecule has 0 atom stereocenters. The van der Waals surface area contributed by atoms with Gasteiger partial charge in [-0.05, 0) is 82.2 Å². The van der Waals surface area contributed by atoms with Crippen LogP contribution in [0.3, 0.4) is 0 Å². The summed E-state index contributed by atoms with van der Waals surface area (Å²) < 4.78 is 19.9. The summed E-state index contributed by atoms with van der Waals surface area (Å²) in [5.74, 6) is 0.976. The number of nitrogens with zero attached hydrogens (tertiary/aromatic N) is 1. The highest BCUT2D eigenvalue weighted by Crippen LogP contribution is 2.34. The predicted molar refractivity (Wildman–Crippen MR) is 143 cm³/mol. The van der Waals surface area contributed by atoms with Crippen LogP contribution >= 0.6 is 54.5 Å². The topological polar surface area (TPSA) is 73.1 Å². The highest BCUT2D eigenvalue weighted by Gasteiger charge is 2.13. The Bertz CT molecular complexity index is 1340. The van der Waals surface area contributed by atoms with E-state index in [4.69, 9.17) is 13.9 Å². The number of carbonyl (C=O) groups excluding carboxylic acids is 1. The molecule has 1 amide bonds. The normalized spacial score (nSPS) is 11.2. The van der Waals surface area contributed by atoms with Crippen molar-refractivity contribution in [3.05, 3.63) is 90.1 Å². The molecule has 1 N–H and O–H groups in total. The molecule has 1 aromatic heterocycles. The van der Waals surface area contributed by atoms with E-state index in [2.05, 4.69) is 65.0 Å². The Labute approximate surface area is 220 Å². The van der Waals surface area contributed by atoms with E-state index in [1.165, 1.54) is 0 Å². The number of rotatable bonds is 7. The van der Waals surface area contributed by atoms with Gasteiger partial charge in [0, 0.05) is 14.3 Å². The maximum atomic E-state index is 12.4. The van der Waals surface area contributed by atoms with Crippen molar-refractivity contribution < 1.29 is 18.7 Å². The number of hydrogen-bond acceptors (Lipinski definition) is 5. The molecule has 0 saturated heterocycles. The van der Waals surface area contributed by atoms with Crippen molar-refractivity contribution in [2.45, 2.75) is 6.61 Å². The molecule has 0 aliphatic carbocycles. The van der Waals surface area contributed by atoms with Gasteiger partial charge in [0.2, 0.25) is 0 Å². The average molecular weight is 684 g/mol. The van der Waals surface area contributed by atoms with E-state index in [-0.39, 0.29) is 5.76 Å². The van der Waals surface area contributed by atoms with Gasteiger partial charge in [0.1, 0.15) is 12.2 Å². The third kappa shape index (κ3) is 5.96. The minimum Gasteiger partial charge on any atom is -0.493 e. The maximum absolute atomic E-state index is 12.4. The molecule has 33 heavy (non-hydrogen) atoms. The zero-order valence-corrected chi connectivity index (χ0v) is 22.6. The first-order chi connectivity index (χ1) is 15.9. The van der Waals surface area contributed by atoms with Crippen molar-refractivity contribution in [3.8, 4) is 11.5 Å². The number of nitrogens with one attached hydrogen (secondary N) is 1. The number of benzene rings is 3. The van der Waals surface area contributed by atoms with Gasteiger partial charge in [0.05, 0.1) is 16.9 Å². The van der Waals surface area contributed by atoms with Crippen molar-refractivity contribution in [2.75, 3.05) is 7.11 Å². The lowest BCUT2D eigenvalue weighted by molar-refractivity contribution is 0.0929. The third-order valence-corrected chi connectivity index (χ3v) is 6.45. The van der Waals surface area contributed by atoms with Crippen molar-refractivity contribution in [1.82, 2.24) is 5.43 Å². The van der Waals surface area contributed by atoms with Gasteiger partial charge in [-0.1, -0.05) is 44.0 Å². The first-order valence-electron chi connectivity index (χ1n) is 9.70. The number of methoxy groups -OCH3 is 1. The van der Waals surface area contributed by atoms with Crippen molar-refractivity contribution in [2.24, 2.45) is 5.10 Å². The van der Waals surface area contributed by atoms with Crippen LogP contribution in [0.2, 0.25) is 0 Å². The summed E-state index contributed by atoms with van der Waals surface area (Å²) in [7, 11) is 1.58. The SMILES string of the molecule is COc1cc(/C=N/NC(=O)c2cc3cc(Br)ccc3o2)cc(I)c1OCc1ccc(Br)cc1. The number of fused-ring (bicyclic) bond motifs is 1. The average Bonchev–Trinajstić information content (AvgIpc) is 3.22. The van der Waals surface area contributed by atoms with Gasteiger partial charge in [0.25, 0.3) is 0 Å². The fourth-order valence-electron chi connectivity index (χ4n) is 3.04. The van der Waals surface area contributed by atoms with Crippen LogP contribution in [-0.2, 0) is 6.61 Å². The Morgan fingerprint density at radius 2 is 1.85 bits per heavy atom. The van der Waals surface area contributed by atoms with Crippen LogP contribution in [0.15, 0.2) is 79.1 Å². The van der Waals surface area contributed by atoms with Gasteiger partial charge >= 0.3 is 5.91 Å². The second-order valence-corrected chi connectivity index (χ2v) is 9.93. The number of amides is 1. The van der Waals surface area contributed by atoms with E-state index in [1.807, 2.05) is 42.5 Å². The molecule has 4 rings (SSSR count). The fraction of sp³-hybridized carbons (Fsp3) is 0.0833. The first-order valence-corrected chi connectivity index (χ1v) is 12.4. The van der Waals surface area contributed by atoms with E-state index in [0.29, 0.717) is 23.7 Å². The van der Waals surface area contributed by atoms with Gasteiger partial charge in [0.15, 0.2) is 17.3 Å². The molecule has 0 spiro atoms. The van der Waals surface area contributed by atoms with E-state index >= 15 is 0 Å². The Balaban J connectivity index is 1.44. The largest absolute Gasteiger partial charge is 0.493 e. The molecule has 9 heteroatoms. The molecule has 0 bridgehead atoms.